The molecule has 7 nitrogen and oxygen atoms in total. The Morgan fingerprint density at radius 3 is 2.52 bits per heavy atom. The predicted octanol–water partition coefficient (Wildman–Crippen LogP) is 1.64. The van der Waals surface area contributed by atoms with Crippen LogP contribution in [0.1, 0.15) is 13.8 Å². The maximum atomic E-state index is 12.4. The molecule has 2 aliphatic rings. The first-order valence-electron chi connectivity index (χ1n) is 9.97. The molecule has 2 aliphatic heterocycles. The van der Waals surface area contributed by atoms with E-state index < -0.39 is 0 Å². The van der Waals surface area contributed by atoms with Crippen molar-refractivity contribution in [2.24, 2.45) is 0 Å². The highest BCUT2D eigenvalue weighted by Gasteiger charge is 2.23. The normalized spacial score (nSPS) is 18.6. The van der Waals surface area contributed by atoms with Gasteiger partial charge in [-0.05, 0) is 26.0 Å². The van der Waals surface area contributed by atoms with Gasteiger partial charge in [-0.15, -0.1) is 0 Å². The van der Waals surface area contributed by atoms with Crippen molar-refractivity contribution in [2.75, 3.05) is 70.5 Å². The van der Waals surface area contributed by atoms with Gasteiger partial charge in [-0.25, -0.2) is 4.79 Å². The Hall–Kier alpha value is -1.99. The minimum Gasteiger partial charge on any atom is -0.489 e. The summed E-state index contributed by atoms with van der Waals surface area (Å²) in [6.07, 6.45) is 0.143. The number of hydrogen-bond donors (Lipinski definition) is 1. The average Bonchev–Trinajstić information content (AvgIpc) is 2.69. The van der Waals surface area contributed by atoms with Gasteiger partial charge in [-0.1, -0.05) is 12.1 Å². The zero-order valence-electron chi connectivity index (χ0n) is 16.5. The van der Waals surface area contributed by atoms with Crippen LogP contribution in [0.4, 0.5) is 10.5 Å². The van der Waals surface area contributed by atoms with E-state index in [1.165, 1.54) is 0 Å². The Kier molecular flexibility index (Phi) is 7.18. The van der Waals surface area contributed by atoms with E-state index in [0.717, 1.165) is 70.5 Å². The number of carbonyl (C=O) groups is 1. The second-order valence-corrected chi connectivity index (χ2v) is 7.29. The largest absolute Gasteiger partial charge is 0.489 e. The monoisotopic (exact) mass is 376 g/mol. The number of anilines is 1. The molecule has 1 aromatic rings. The van der Waals surface area contributed by atoms with Gasteiger partial charge in [0.1, 0.15) is 5.75 Å². The van der Waals surface area contributed by atoms with Crippen molar-refractivity contribution in [1.82, 2.24) is 15.1 Å². The molecule has 0 aromatic heterocycles. The van der Waals surface area contributed by atoms with Gasteiger partial charge >= 0.3 is 6.03 Å². The Morgan fingerprint density at radius 2 is 1.81 bits per heavy atom. The zero-order valence-corrected chi connectivity index (χ0v) is 16.5. The molecule has 2 heterocycles. The topological polar surface area (TPSA) is 57.3 Å². The number of urea groups is 1. The van der Waals surface area contributed by atoms with Gasteiger partial charge in [-0.3, -0.25) is 4.90 Å². The molecule has 2 amide bonds. The van der Waals surface area contributed by atoms with E-state index in [0.29, 0.717) is 6.54 Å². The summed E-state index contributed by atoms with van der Waals surface area (Å²) < 4.78 is 11.3. The Morgan fingerprint density at radius 1 is 1.11 bits per heavy atom. The van der Waals surface area contributed by atoms with Crippen molar-refractivity contribution in [1.29, 1.82) is 0 Å². The fourth-order valence-electron chi connectivity index (χ4n) is 3.48. The second kappa shape index (κ2) is 9.80. The number of hydrogen-bond acceptors (Lipinski definition) is 5. The lowest BCUT2D eigenvalue weighted by atomic mass is 10.2. The Balaban J connectivity index is 1.44. The summed E-state index contributed by atoms with van der Waals surface area (Å²) in [5, 5.41) is 3.05. The van der Waals surface area contributed by atoms with Crippen molar-refractivity contribution in [3.05, 3.63) is 24.3 Å². The molecular formula is C20H32N4O3. The van der Waals surface area contributed by atoms with E-state index in [-0.39, 0.29) is 12.1 Å². The van der Waals surface area contributed by atoms with Crippen LogP contribution < -0.4 is 15.0 Å². The lowest BCUT2D eigenvalue weighted by molar-refractivity contribution is 0.0386. The Labute approximate surface area is 162 Å². The smallest absolute Gasteiger partial charge is 0.317 e. The van der Waals surface area contributed by atoms with Gasteiger partial charge in [0.25, 0.3) is 0 Å². The predicted molar refractivity (Wildman–Crippen MR) is 107 cm³/mol. The van der Waals surface area contributed by atoms with E-state index in [1.54, 1.807) is 0 Å². The third-order valence-corrected chi connectivity index (χ3v) is 4.94. The molecule has 27 heavy (non-hydrogen) atoms. The van der Waals surface area contributed by atoms with E-state index in [4.69, 9.17) is 9.47 Å². The highest BCUT2D eigenvalue weighted by molar-refractivity contribution is 5.74. The lowest BCUT2D eigenvalue weighted by Gasteiger charge is -2.37. The van der Waals surface area contributed by atoms with Gasteiger partial charge in [0, 0.05) is 52.4 Å². The molecule has 0 bridgehead atoms. The van der Waals surface area contributed by atoms with Gasteiger partial charge < -0.3 is 24.6 Å². The number of nitrogens with zero attached hydrogens (tertiary/aromatic N) is 3. The molecule has 1 N–H and O–H groups in total. The standard InChI is InChI=1S/C20H32N4O3/c1-17(2)27-19-6-4-3-5-18(19)23-9-11-24(12-10-23)20(25)21-7-8-22-13-15-26-16-14-22/h3-6,17H,7-16H2,1-2H3,(H,21,25). The average molecular weight is 377 g/mol. The number of para-hydroxylation sites is 2. The molecule has 0 saturated carbocycles. The summed E-state index contributed by atoms with van der Waals surface area (Å²) in [5.74, 6) is 0.913. The summed E-state index contributed by atoms with van der Waals surface area (Å²) in [7, 11) is 0. The molecule has 1 aromatic carbocycles. The maximum absolute atomic E-state index is 12.4. The van der Waals surface area contributed by atoms with E-state index in [1.807, 2.05) is 36.9 Å². The minimum absolute atomic E-state index is 0.0367. The lowest BCUT2D eigenvalue weighted by Crippen LogP contribution is -2.53. The van der Waals surface area contributed by atoms with Crippen LogP contribution in [-0.2, 0) is 4.74 Å². The van der Waals surface area contributed by atoms with Crippen LogP contribution in [0, 0.1) is 0 Å². The van der Waals surface area contributed by atoms with E-state index >= 15 is 0 Å². The van der Waals surface area contributed by atoms with E-state index in [9.17, 15) is 4.79 Å². The summed E-state index contributed by atoms with van der Waals surface area (Å²) >= 11 is 0. The molecule has 2 fully saturated rings. The quantitative estimate of drug-likeness (QED) is 0.818. The molecule has 0 atom stereocenters. The molecule has 150 valence electrons. The number of piperazine rings is 1. The third-order valence-electron chi connectivity index (χ3n) is 4.94. The molecule has 0 radical (unpaired) electrons. The highest BCUT2D eigenvalue weighted by atomic mass is 16.5. The molecular weight excluding hydrogens is 344 g/mol. The van der Waals surface area contributed by atoms with Gasteiger partial charge in [-0.2, -0.15) is 0 Å². The van der Waals surface area contributed by atoms with E-state index in [2.05, 4.69) is 21.2 Å². The first kappa shape index (κ1) is 19.8. The maximum Gasteiger partial charge on any atom is 0.317 e. The third kappa shape index (κ3) is 5.74. The summed E-state index contributed by atoms with van der Waals surface area (Å²) in [6, 6.07) is 8.18. The van der Waals surface area contributed by atoms with Crippen molar-refractivity contribution >= 4 is 11.7 Å². The summed E-state index contributed by atoms with van der Waals surface area (Å²) in [4.78, 5) is 19.0. The van der Waals surface area contributed by atoms with Crippen molar-refractivity contribution in [2.45, 2.75) is 20.0 Å². The molecule has 2 saturated heterocycles. The van der Waals surface area contributed by atoms with Crippen molar-refractivity contribution in [3.63, 3.8) is 0 Å². The first-order chi connectivity index (χ1) is 13.1. The van der Waals surface area contributed by atoms with Crippen molar-refractivity contribution < 1.29 is 14.3 Å². The van der Waals surface area contributed by atoms with Gasteiger partial charge in [0.15, 0.2) is 0 Å². The number of ether oxygens (including phenoxy) is 2. The molecule has 7 heteroatoms. The van der Waals surface area contributed by atoms with Gasteiger partial charge in [0.2, 0.25) is 0 Å². The number of nitrogens with one attached hydrogen (secondary N) is 1. The second-order valence-electron chi connectivity index (χ2n) is 7.29. The van der Waals surface area contributed by atoms with Crippen LogP contribution in [0.25, 0.3) is 0 Å². The number of benzene rings is 1. The van der Waals surface area contributed by atoms with Crippen molar-refractivity contribution in [3.8, 4) is 5.75 Å². The molecule has 0 aliphatic carbocycles. The van der Waals surface area contributed by atoms with Gasteiger partial charge in [0.05, 0.1) is 25.0 Å². The number of morpholine rings is 1. The number of carbonyl (C=O) groups excluding carboxylic acids is 1. The molecule has 0 unspecified atom stereocenters. The fraction of sp³-hybridized carbons (Fsp3) is 0.650. The van der Waals surface area contributed by atoms with Crippen LogP contribution in [0.15, 0.2) is 24.3 Å². The highest BCUT2D eigenvalue weighted by Crippen LogP contribution is 2.29. The Bertz CT molecular complexity index is 597. The zero-order chi connectivity index (χ0) is 19.1. The summed E-state index contributed by atoms with van der Waals surface area (Å²) in [6.45, 7) is 12.2. The summed E-state index contributed by atoms with van der Waals surface area (Å²) in [5.41, 5.74) is 1.11. The number of amides is 2. The first-order valence-corrected chi connectivity index (χ1v) is 9.97. The van der Waals surface area contributed by atoms with Crippen LogP contribution in [0.3, 0.4) is 0 Å². The van der Waals surface area contributed by atoms with Crippen LogP contribution in [0.5, 0.6) is 5.75 Å². The number of rotatable bonds is 6. The van der Waals surface area contributed by atoms with Crippen LogP contribution >= 0.6 is 0 Å². The fourth-order valence-corrected chi connectivity index (χ4v) is 3.48. The van der Waals surface area contributed by atoms with Crippen LogP contribution in [0.2, 0.25) is 0 Å². The minimum atomic E-state index is 0.0367. The SMILES string of the molecule is CC(C)Oc1ccccc1N1CCN(C(=O)NCCN2CCOCC2)CC1. The molecule has 0 spiro atoms. The molecule has 3 rings (SSSR count). The van der Waals surface area contributed by atoms with Crippen LogP contribution in [-0.4, -0.2) is 87.5 Å².